The molecule has 1 aromatic heterocycles. The fraction of sp³-hybridized carbons (Fsp3) is 0.296. The van der Waals surface area contributed by atoms with Crippen LogP contribution in [0.3, 0.4) is 0 Å². The van der Waals surface area contributed by atoms with Crippen molar-refractivity contribution in [1.29, 1.82) is 0 Å². The zero-order valence-electron chi connectivity index (χ0n) is 20.5. The number of aromatic nitrogens is 2. The average Bonchev–Trinajstić information content (AvgIpc) is 3.08. The highest BCUT2D eigenvalue weighted by Crippen LogP contribution is 2.41. The summed E-state index contributed by atoms with van der Waals surface area (Å²) < 4.78 is 41.8. The van der Waals surface area contributed by atoms with Crippen molar-refractivity contribution in [3.8, 4) is 5.75 Å². The zero-order chi connectivity index (χ0) is 27.1. The molecular weight excluding hydrogens is 487 g/mol. The van der Waals surface area contributed by atoms with Gasteiger partial charge in [-0.25, -0.2) is 0 Å². The standard InChI is InChI=1S/C27H24F3N3O4/c1-15-5-14-20(32-31-15)33-22(16-8-12-19(13-9-16)37-27(28,29)30)21(24(35)25(33)36)23(34)17-6-10-18(11-7-17)26(2,3)4/h5-14,21-22H,1-4H3/t21?,22-/m0/s1. The minimum absolute atomic E-state index is 0.0444. The van der Waals surface area contributed by atoms with Crippen LogP contribution in [0.15, 0.2) is 60.7 Å². The minimum atomic E-state index is -4.89. The van der Waals surface area contributed by atoms with Gasteiger partial charge in [0.1, 0.15) is 11.7 Å². The molecule has 1 aliphatic heterocycles. The highest BCUT2D eigenvalue weighted by atomic mass is 19.4. The number of rotatable bonds is 5. The summed E-state index contributed by atoms with van der Waals surface area (Å²) in [7, 11) is 0. The first-order chi connectivity index (χ1) is 17.3. The highest BCUT2D eigenvalue weighted by Gasteiger charge is 2.53. The van der Waals surface area contributed by atoms with E-state index in [0.717, 1.165) is 22.6 Å². The van der Waals surface area contributed by atoms with Crippen molar-refractivity contribution in [2.45, 2.75) is 45.5 Å². The number of ketones is 2. The van der Waals surface area contributed by atoms with Crippen molar-refractivity contribution in [3.63, 3.8) is 0 Å². The number of Topliss-reactive ketones (excluding diaryl/α,β-unsaturated/α-hetero) is 2. The number of alkyl halides is 3. The van der Waals surface area contributed by atoms with Crippen LogP contribution in [0.25, 0.3) is 0 Å². The van der Waals surface area contributed by atoms with E-state index in [1.54, 1.807) is 37.3 Å². The maximum absolute atomic E-state index is 13.6. The highest BCUT2D eigenvalue weighted by molar-refractivity contribution is 6.48. The first-order valence-electron chi connectivity index (χ1n) is 11.4. The number of anilines is 1. The maximum atomic E-state index is 13.6. The number of nitrogens with zero attached hydrogens (tertiary/aromatic N) is 3. The Morgan fingerprint density at radius 3 is 2.03 bits per heavy atom. The molecule has 0 spiro atoms. The molecule has 2 atom stereocenters. The number of hydrogen-bond acceptors (Lipinski definition) is 6. The third kappa shape index (κ3) is 5.37. The summed E-state index contributed by atoms with van der Waals surface area (Å²) in [5, 5.41) is 7.95. The molecule has 0 saturated carbocycles. The molecule has 1 aliphatic rings. The van der Waals surface area contributed by atoms with Crippen molar-refractivity contribution in [3.05, 3.63) is 83.0 Å². The van der Waals surface area contributed by atoms with Gasteiger partial charge < -0.3 is 4.74 Å². The lowest BCUT2D eigenvalue weighted by molar-refractivity contribution is -0.274. The number of carbonyl (C=O) groups excluding carboxylic acids is 3. The number of hydrogen-bond donors (Lipinski definition) is 0. The molecule has 0 bridgehead atoms. The Morgan fingerprint density at radius 1 is 0.892 bits per heavy atom. The third-order valence-electron chi connectivity index (χ3n) is 6.11. The van der Waals surface area contributed by atoms with E-state index in [1.807, 2.05) is 20.8 Å². The molecule has 1 amide bonds. The van der Waals surface area contributed by atoms with Gasteiger partial charge in [0.2, 0.25) is 5.78 Å². The molecule has 0 aliphatic carbocycles. The molecule has 7 nitrogen and oxygen atoms in total. The van der Waals surface area contributed by atoms with Crippen molar-refractivity contribution in [2.24, 2.45) is 5.92 Å². The topological polar surface area (TPSA) is 89.5 Å². The van der Waals surface area contributed by atoms with E-state index in [-0.39, 0.29) is 22.4 Å². The summed E-state index contributed by atoms with van der Waals surface area (Å²) in [5.41, 5.74) is 1.88. The molecule has 10 heteroatoms. The Balaban J connectivity index is 1.78. The molecule has 1 unspecified atom stereocenters. The van der Waals surface area contributed by atoms with Crippen molar-refractivity contribution < 1.29 is 32.3 Å². The lowest BCUT2D eigenvalue weighted by Gasteiger charge is -2.26. The molecular formula is C27H24F3N3O4. The first-order valence-corrected chi connectivity index (χ1v) is 11.4. The van der Waals surface area contributed by atoms with Gasteiger partial charge >= 0.3 is 6.36 Å². The summed E-state index contributed by atoms with van der Waals surface area (Å²) in [5.74, 6) is -4.35. The molecule has 3 aromatic rings. The van der Waals surface area contributed by atoms with Gasteiger partial charge in [-0.1, -0.05) is 57.2 Å². The van der Waals surface area contributed by atoms with E-state index in [2.05, 4.69) is 14.9 Å². The fourth-order valence-corrected chi connectivity index (χ4v) is 4.22. The predicted octanol–water partition coefficient (Wildman–Crippen LogP) is 5.14. The van der Waals surface area contributed by atoms with Crippen LogP contribution in [0.2, 0.25) is 0 Å². The summed E-state index contributed by atoms with van der Waals surface area (Å²) >= 11 is 0. The number of carbonyl (C=O) groups is 3. The van der Waals surface area contributed by atoms with Crippen LogP contribution >= 0.6 is 0 Å². The minimum Gasteiger partial charge on any atom is -0.406 e. The number of ether oxygens (including phenoxy) is 1. The Morgan fingerprint density at radius 2 is 1.51 bits per heavy atom. The van der Waals surface area contributed by atoms with Crippen LogP contribution in [-0.2, 0) is 15.0 Å². The lowest BCUT2D eigenvalue weighted by Crippen LogP contribution is -2.31. The smallest absolute Gasteiger partial charge is 0.406 e. The Kier molecular flexibility index (Phi) is 6.62. The van der Waals surface area contributed by atoms with Crippen LogP contribution in [0.4, 0.5) is 19.0 Å². The Bertz CT molecular complexity index is 1330. The van der Waals surface area contributed by atoms with Gasteiger partial charge in [0.15, 0.2) is 11.6 Å². The van der Waals surface area contributed by atoms with Crippen LogP contribution in [0.1, 0.15) is 54.0 Å². The normalized spacial score (nSPS) is 18.3. The maximum Gasteiger partial charge on any atom is 0.573 e. The van der Waals surface area contributed by atoms with E-state index in [9.17, 15) is 27.6 Å². The SMILES string of the molecule is Cc1ccc(N2C(=O)C(=O)C(C(=O)c3ccc(C(C)(C)C)cc3)[C@@H]2c2ccc(OC(F)(F)F)cc2)nn1. The lowest BCUT2D eigenvalue weighted by atomic mass is 9.83. The Labute approximate surface area is 211 Å². The van der Waals surface area contributed by atoms with Gasteiger partial charge in [-0.3, -0.25) is 19.3 Å². The number of benzene rings is 2. The summed E-state index contributed by atoms with van der Waals surface area (Å²) in [6.45, 7) is 7.75. The molecule has 0 N–H and O–H groups in total. The first kappa shape index (κ1) is 26.0. The second-order valence-electron chi connectivity index (χ2n) is 9.80. The molecule has 0 radical (unpaired) electrons. The number of aryl methyl sites for hydroxylation is 1. The molecule has 2 heterocycles. The van der Waals surface area contributed by atoms with Crippen LogP contribution in [0, 0.1) is 12.8 Å². The summed E-state index contributed by atoms with van der Waals surface area (Å²) in [4.78, 5) is 41.0. The van der Waals surface area contributed by atoms with Gasteiger partial charge in [-0.2, -0.15) is 5.10 Å². The molecule has 1 fully saturated rings. The van der Waals surface area contributed by atoms with E-state index in [4.69, 9.17) is 0 Å². The summed E-state index contributed by atoms with van der Waals surface area (Å²) in [6.07, 6.45) is -4.89. The predicted molar refractivity (Wildman–Crippen MR) is 128 cm³/mol. The van der Waals surface area contributed by atoms with Gasteiger partial charge in [-0.15, -0.1) is 18.3 Å². The zero-order valence-corrected chi connectivity index (χ0v) is 20.5. The van der Waals surface area contributed by atoms with Crippen molar-refractivity contribution in [2.75, 3.05) is 4.90 Å². The van der Waals surface area contributed by atoms with E-state index in [1.165, 1.54) is 18.2 Å². The van der Waals surface area contributed by atoms with E-state index >= 15 is 0 Å². The summed E-state index contributed by atoms with van der Waals surface area (Å²) in [6, 6.07) is 13.4. The molecule has 4 rings (SSSR count). The number of amides is 1. The third-order valence-corrected chi connectivity index (χ3v) is 6.11. The second kappa shape index (κ2) is 9.42. The fourth-order valence-electron chi connectivity index (χ4n) is 4.22. The van der Waals surface area contributed by atoms with Crippen molar-refractivity contribution >= 4 is 23.3 Å². The quantitative estimate of drug-likeness (QED) is 0.268. The van der Waals surface area contributed by atoms with Crippen LogP contribution in [-0.4, -0.2) is 34.0 Å². The Hall–Kier alpha value is -4.08. The average molecular weight is 512 g/mol. The molecule has 37 heavy (non-hydrogen) atoms. The molecule has 1 saturated heterocycles. The van der Waals surface area contributed by atoms with Gasteiger partial charge in [0, 0.05) is 5.56 Å². The van der Waals surface area contributed by atoms with Gasteiger partial charge in [-0.05, 0) is 47.7 Å². The van der Waals surface area contributed by atoms with E-state index < -0.39 is 41.5 Å². The molecule has 2 aromatic carbocycles. The van der Waals surface area contributed by atoms with Crippen LogP contribution in [0.5, 0.6) is 5.75 Å². The molecule has 192 valence electrons. The monoisotopic (exact) mass is 511 g/mol. The van der Waals surface area contributed by atoms with Crippen LogP contribution < -0.4 is 9.64 Å². The second-order valence-corrected chi connectivity index (χ2v) is 9.80. The van der Waals surface area contributed by atoms with Gasteiger partial charge in [0.05, 0.1) is 11.7 Å². The van der Waals surface area contributed by atoms with Crippen molar-refractivity contribution in [1.82, 2.24) is 10.2 Å². The van der Waals surface area contributed by atoms with Gasteiger partial charge in [0.25, 0.3) is 5.91 Å². The number of halogens is 3. The van der Waals surface area contributed by atoms with E-state index in [0.29, 0.717) is 5.69 Å². The largest absolute Gasteiger partial charge is 0.573 e.